The first kappa shape index (κ1) is 19.1. The van der Waals surface area contributed by atoms with E-state index in [1.165, 1.54) is 11.3 Å². The van der Waals surface area contributed by atoms with Crippen molar-refractivity contribution < 1.29 is 9.53 Å². The summed E-state index contributed by atoms with van der Waals surface area (Å²) in [5.41, 5.74) is 4.16. The molecule has 0 aliphatic rings. The number of benzene rings is 2. The highest BCUT2D eigenvalue weighted by Gasteiger charge is 2.14. The number of rotatable bonds is 6. The van der Waals surface area contributed by atoms with Gasteiger partial charge in [0.2, 0.25) is 0 Å². The van der Waals surface area contributed by atoms with Gasteiger partial charge in [0.05, 0.1) is 5.69 Å². The first-order valence-corrected chi connectivity index (χ1v) is 9.81. The van der Waals surface area contributed by atoms with Crippen molar-refractivity contribution in [1.82, 2.24) is 4.98 Å². The molecule has 5 heteroatoms. The van der Waals surface area contributed by atoms with Gasteiger partial charge in [0, 0.05) is 10.4 Å². The van der Waals surface area contributed by atoms with Crippen LogP contribution in [-0.4, -0.2) is 17.5 Å². The maximum Gasteiger partial charge on any atom is 0.264 e. The van der Waals surface area contributed by atoms with Gasteiger partial charge in [-0.3, -0.25) is 10.1 Å². The van der Waals surface area contributed by atoms with Crippen molar-refractivity contribution in [3.63, 3.8) is 0 Å². The lowest BCUT2D eigenvalue weighted by molar-refractivity contribution is -0.118. The smallest absolute Gasteiger partial charge is 0.264 e. The number of amides is 1. The second-order valence-electron chi connectivity index (χ2n) is 6.82. The first-order chi connectivity index (χ1) is 12.9. The number of anilines is 1. The summed E-state index contributed by atoms with van der Waals surface area (Å²) in [4.78, 5) is 18.0. The maximum atomic E-state index is 12.3. The Morgan fingerprint density at radius 1 is 1.15 bits per heavy atom. The largest absolute Gasteiger partial charge is 0.483 e. The molecule has 0 saturated heterocycles. The van der Waals surface area contributed by atoms with Crippen LogP contribution in [0.3, 0.4) is 0 Å². The van der Waals surface area contributed by atoms with E-state index in [9.17, 15) is 4.79 Å². The van der Waals surface area contributed by atoms with Crippen molar-refractivity contribution in [2.45, 2.75) is 33.6 Å². The molecule has 0 bridgehead atoms. The average Bonchev–Trinajstić information content (AvgIpc) is 3.00. The van der Waals surface area contributed by atoms with Crippen LogP contribution < -0.4 is 10.1 Å². The molecule has 4 nitrogen and oxygen atoms in total. The third-order valence-corrected chi connectivity index (χ3v) is 5.13. The zero-order valence-corrected chi connectivity index (χ0v) is 16.9. The van der Waals surface area contributed by atoms with Gasteiger partial charge < -0.3 is 4.74 Å². The molecule has 0 aliphatic carbocycles. The fourth-order valence-corrected chi connectivity index (χ4v) is 3.71. The van der Waals surface area contributed by atoms with Crippen LogP contribution in [0.15, 0.2) is 48.5 Å². The number of aromatic nitrogens is 1. The number of nitrogens with zero attached hydrogens (tertiary/aromatic N) is 1. The Morgan fingerprint density at radius 3 is 2.59 bits per heavy atom. The molecule has 1 heterocycles. The predicted molar refractivity (Wildman–Crippen MR) is 112 cm³/mol. The summed E-state index contributed by atoms with van der Waals surface area (Å²) in [5, 5.41) is 3.44. The molecule has 2 aromatic carbocycles. The van der Waals surface area contributed by atoms with Crippen LogP contribution in [0.25, 0.3) is 11.3 Å². The normalized spacial score (nSPS) is 10.9. The highest BCUT2D eigenvalue weighted by atomic mass is 32.1. The van der Waals surface area contributed by atoms with Crippen LogP contribution in [0.4, 0.5) is 5.13 Å². The minimum atomic E-state index is -0.209. The molecule has 0 saturated carbocycles. The average molecular weight is 381 g/mol. The van der Waals surface area contributed by atoms with Gasteiger partial charge in [-0.1, -0.05) is 56.3 Å². The van der Waals surface area contributed by atoms with E-state index in [2.05, 4.69) is 36.3 Å². The van der Waals surface area contributed by atoms with Crippen molar-refractivity contribution in [3.05, 3.63) is 64.5 Å². The molecule has 140 valence electrons. The van der Waals surface area contributed by atoms with Crippen LogP contribution in [0.1, 0.15) is 35.8 Å². The number of thiazole rings is 1. The number of nitrogens with one attached hydrogen (secondary N) is 1. The minimum Gasteiger partial charge on any atom is -0.483 e. The van der Waals surface area contributed by atoms with E-state index in [0.717, 1.165) is 33.0 Å². The van der Waals surface area contributed by atoms with Crippen LogP contribution in [-0.2, 0) is 4.79 Å². The van der Waals surface area contributed by atoms with E-state index >= 15 is 0 Å². The second-order valence-corrected chi connectivity index (χ2v) is 8.03. The fraction of sp³-hybridized carbons (Fsp3) is 0.273. The summed E-state index contributed by atoms with van der Waals surface area (Å²) in [6.45, 7) is 8.21. The number of carbonyl (C=O) groups excluding carboxylic acids is 1. The third-order valence-electron chi connectivity index (χ3n) is 4.24. The standard InChI is InChI=1S/C22H24N2O2S/c1-14(2)18-11-10-15(3)12-19(18)26-13-20(25)23-22-24-21(16(4)27-22)17-8-6-5-7-9-17/h5-12,14H,13H2,1-4H3,(H,23,24,25). The Bertz CT molecular complexity index is 933. The van der Waals surface area contributed by atoms with Gasteiger partial charge in [0.1, 0.15) is 5.75 Å². The van der Waals surface area contributed by atoms with E-state index in [4.69, 9.17) is 4.74 Å². The van der Waals surface area contributed by atoms with Crippen LogP contribution in [0.2, 0.25) is 0 Å². The van der Waals surface area contributed by atoms with E-state index in [-0.39, 0.29) is 12.5 Å². The van der Waals surface area contributed by atoms with E-state index in [1.807, 2.05) is 50.2 Å². The Hall–Kier alpha value is -2.66. The highest BCUT2D eigenvalue weighted by molar-refractivity contribution is 7.16. The van der Waals surface area contributed by atoms with Gasteiger partial charge in [-0.2, -0.15) is 0 Å². The highest BCUT2D eigenvalue weighted by Crippen LogP contribution is 2.30. The molecule has 1 amide bonds. The summed E-state index contributed by atoms with van der Waals surface area (Å²) in [7, 11) is 0. The van der Waals surface area contributed by atoms with Gasteiger partial charge in [-0.05, 0) is 37.0 Å². The molecule has 3 rings (SSSR count). The fourth-order valence-electron chi connectivity index (χ4n) is 2.86. The molecule has 0 atom stereocenters. The van der Waals surface area contributed by atoms with E-state index < -0.39 is 0 Å². The zero-order valence-electron chi connectivity index (χ0n) is 16.1. The number of hydrogen-bond donors (Lipinski definition) is 1. The molecule has 1 aromatic heterocycles. The van der Waals surface area contributed by atoms with Crippen molar-refractivity contribution in [1.29, 1.82) is 0 Å². The molecule has 0 aliphatic heterocycles. The Morgan fingerprint density at radius 2 is 1.89 bits per heavy atom. The lowest BCUT2D eigenvalue weighted by atomic mass is 10.0. The molecule has 0 fully saturated rings. The monoisotopic (exact) mass is 380 g/mol. The molecular formula is C22H24N2O2S. The lowest BCUT2D eigenvalue weighted by Gasteiger charge is -2.14. The molecule has 0 spiro atoms. The van der Waals surface area contributed by atoms with Gasteiger partial charge >= 0.3 is 0 Å². The Labute approximate surface area is 164 Å². The molecule has 0 radical (unpaired) electrons. The van der Waals surface area contributed by atoms with Gasteiger partial charge in [0.25, 0.3) is 5.91 Å². The molecule has 0 unspecified atom stereocenters. The topological polar surface area (TPSA) is 51.2 Å². The van der Waals surface area contributed by atoms with Gasteiger partial charge in [-0.15, -0.1) is 11.3 Å². The Balaban J connectivity index is 1.66. The molecule has 27 heavy (non-hydrogen) atoms. The van der Waals surface area contributed by atoms with Crippen LogP contribution in [0, 0.1) is 13.8 Å². The predicted octanol–water partition coefficient (Wildman–Crippen LogP) is 5.57. The zero-order chi connectivity index (χ0) is 19.4. The number of ether oxygens (including phenoxy) is 1. The summed E-state index contributed by atoms with van der Waals surface area (Å²) in [5.74, 6) is 0.888. The molecular weight excluding hydrogens is 356 g/mol. The van der Waals surface area contributed by atoms with Crippen molar-refractivity contribution in [2.24, 2.45) is 0 Å². The van der Waals surface area contributed by atoms with Gasteiger partial charge in [0.15, 0.2) is 11.7 Å². The summed E-state index contributed by atoms with van der Waals surface area (Å²) in [6, 6.07) is 16.1. The Kier molecular flexibility index (Phi) is 5.91. The van der Waals surface area contributed by atoms with Crippen molar-refractivity contribution >= 4 is 22.4 Å². The second kappa shape index (κ2) is 8.35. The van der Waals surface area contributed by atoms with E-state index in [1.54, 1.807) is 0 Å². The third kappa shape index (κ3) is 4.74. The minimum absolute atomic E-state index is 0.0392. The molecule has 3 aromatic rings. The van der Waals surface area contributed by atoms with Crippen molar-refractivity contribution in [2.75, 3.05) is 11.9 Å². The van der Waals surface area contributed by atoms with Crippen molar-refractivity contribution in [3.8, 4) is 17.0 Å². The quantitative estimate of drug-likeness (QED) is 0.608. The summed E-state index contributed by atoms with van der Waals surface area (Å²) in [6.07, 6.45) is 0. The maximum absolute atomic E-state index is 12.3. The lowest BCUT2D eigenvalue weighted by Crippen LogP contribution is -2.20. The van der Waals surface area contributed by atoms with E-state index in [0.29, 0.717) is 11.0 Å². The first-order valence-electron chi connectivity index (χ1n) is 9.00. The van der Waals surface area contributed by atoms with Gasteiger partial charge in [-0.25, -0.2) is 4.98 Å². The SMILES string of the molecule is Cc1ccc(C(C)C)c(OCC(=O)Nc2nc(-c3ccccc3)c(C)s2)c1. The number of hydrogen-bond acceptors (Lipinski definition) is 4. The summed E-state index contributed by atoms with van der Waals surface area (Å²) < 4.78 is 5.80. The van der Waals surface area contributed by atoms with Crippen LogP contribution >= 0.6 is 11.3 Å². The number of carbonyl (C=O) groups is 1. The summed E-state index contributed by atoms with van der Waals surface area (Å²) >= 11 is 1.47. The number of aryl methyl sites for hydroxylation is 2. The van der Waals surface area contributed by atoms with Crippen LogP contribution in [0.5, 0.6) is 5.75 Å². The molecule has 1 N–H and O–H groups in total.